The van der Waals surface area contributed by atoms with Gasteiger partial charge in [-0.3, -0.25) is 9.59 Å². The summed E-state index contributed by atoms with van der Waals surface area (Å²) in [5.41, 5.74) is 4.21. The molecule has 0 aliphatic carbocycles. The van der Waals surface area contributed by atoms with Gasteiger partial charge in [0.25, 0.3) is 5.91 Å². The minimum Gasteiger partial charge on any atom is -0.351 e. The summed E-state index contributed by atoms with van der Waals surface area (Å²) in [6.45, 7) is 4.28. The van der Waals surface area contributed by atoms with Gasteiger partial charge in [-0.25, -0.2) is 0 Å². The van der Waals surface area contributed by atoms with E-state index in [0.29, 0.717) is 12.3 Å². The molecule has 1 saturated heterocycles. The molecule has 1 fully saturated rings. The Balaban J connectivity index is 1.40. The quantitative estimate of drug-likeness (QED) is 0.793. The Morgan fingerprint density at radius 1 is 1.04 bits per heavy atom. The van der Waals surface area contributed by atoms with Crippen LogP contribution in [0.3, 0.4) is 0 Å². The molecule has 1 heterocycles. The number of amides is 2. The number of thioether (sulfide) groups is 1. The Morgan fingerprint density at radius 3 is 2.48 bits per heavy atom. The first kappa shape index (κ1) is 19.5. The third-order valence-electron chi connectivity index (χ3n) is 4.67. The van der Waals surface area contributed by atoms with E-state index < -0.39 is 0 Å². The van der Waals surface area contributed by atoms with E-state index in [1.807, 2.05) is 35.2 Å². The zero-order valence-corrected chi connectivity index (χ0v) is 16.6. The lowest BCUT2D eigenvalue weighted by molar-refractivity contribution is -0.118. The summed E-state index contributed by atoms with van der Waals surface area (Å²) in [4.78, 5) is 26.3. The van der Waals surface area contributed by atoms with Crippen molar-refractivity contribution in [1.82, 2.24) is 10.2 Å². The molecule has 0 unspecified atom stereocenters. The normalized spacial score (nSPS) is 13.6. The summed E-state index contributed by atoms with van der Waals surface area (Å²) < 4.78 is 0. The summed E-state index contributed by atoms with van der Waals surface area (Å²) in [5, 5.41) is 2.95. The van der Waals surface area contributed by atoms with Crippen molar-refractivity contribution in [1.29, 1.82) is 0 Å². The van der Waals surface area contributed by atoms with Crippen LogP contribution < -0.4 is 5.32 Å². The average molecular weight is 383 g/mol. The molecule has 1 aliphatic rings. The van der Waals surface area contributed by atoms with Crippen molar-refractivity contribution in [3.05, 3.63) is 70.8 Å². The molecule has 2 aromatic carbocycles. The Bertz CT molecular complexity index is 783. The molecule has 1 N–H and O–H groups in total. The van der Waals surface area contributed by atoms with Crippen LogP contribution in [-0.2, 0) is 17.1 Å². The largest absolute Gasteiger partial charge is 0.351 e. The minimum absolute atomic E-state index is 0.0323. The number of rotatable bonds is 7. The lowest BCUT2D eigenvalue weighted by Crippen LogP contribution is -2.27. The highest BCUT2D eigenvalue weighted by atomic mass is 32.2. The predicted molar refractivity (Wildman–Crippen MR) is 111 cm³/mol. The summed E-state index contributed by atoms with van der Waals surface area (Å²) in [7, 11) is 0. The molecule has 1 aliphatic heterocycles. The second-order valence-corrected chi connectivity index (χ2v) is 7.94. The first-order valence-corrected chi connectivity index (χ1v) is 10.6. The van der Waals surface area contributed by atoms with Crippen molar-refractivity contribution in [2.75, 3.05) is 18.8 Å². The van der Waals surface area contributed by atoms with E-state index in [-0.39, 0.29) is 11.8 Å². The number of aryl methyl sites for hydroxylation is 1. The number of carbonyl (C=O) groups is 2. The molecule has 0 radical (unpaired) electrons. The topological polar surface area (TPSA) is 49.4 Å². The van der Waals surface area contributed by atoms with Gasteiger partial charge in [-0.05, 0) is 43.0 Å². The van der Waals surface area contributed by atoms with Crippen LogP contribution in [0.25, 0.3) is 0 Å². The van der Waals surface area contributed by atoms with Crippen LogP contribution in [0.15, 0.2) is 48.5 Å². The lowest BCUT2D eigenvalue weighted by atomic mass is 10.1. The zero-order valence-electron chi connectivity index (χ0n) is 15.7. The predicted octanol–water partition coefficient (Wildman–Crippen LogP) is 3.78. The Labute approximate surface area is 165 Å². The number of benzene rings is 2. The first-order valence-electron chi connectivity index (χ1n) is 9.40. The smallest absolute Gasteiger partial charge is 0.253 e. The van der Waals surface area contributed by atoms with Crippen LogP contribution in [0, 0.1) is 6.92 Å². The standard InChI is InChI=1S/C22H26N2O2S/c1-17-5-4-6-19(13-17)15-27-16-21(25)23-14-18-7-9-20(10-8-18)22(26)24-11-2-3-12-24/h4-10,13H,2-3,11-12,14-16H2,1H3,(H,23,25). The van der Waals surface area contributed by atoms with E-state index in [0.717, 1.165) is 42.8 Å². The molecule has 142 valence electrons. The van der Waals surface area contributed by atoms with E-state index >= 15 is 0 Å². The van der Waals surface area contributed by atoms with Crippen molar-refractivity contribution in [2.24, 2.45) is 0 Å². The van der Waals surface area contributed by atoms with Crippen LogP contribution >= 0.6 is 11.8 Å². The SMILES string of the molecule is Cc1cccc(CSCC(=O)NCc2ccc(C(=O)N3CCCC3)cc2)c1. The average Bonchev–Trinajstić information content (AvgIpc) is 3.21. The van der Waals surface area contributed by atoms with Crippen molar-refractivity contribution in [2.45, 2.75) is 32.1 Å². The van der Waals surface area contributed by atoms with Gasteiger partial charge in [0.15, 0.2) is 0 Å². The number of likely N-dealkylation sites (tertiary alicyclic amines) is 1. The first-order chi connectivity index (χ1) is 13.1. The molecule has 27 heavy (non-hydrogen) atoms. The summed E-state index contributed by atoms with van der Waals surface area (Å²) >= 11 is 1.62. The molecule has 2 aromatic rings. The Kier molecular flexibility index (Phi) is 6.93. The summed E-state index contributed by atoms with van der Waals surface area (Å²) in [5.74, 6) is 1.42. The molecule has 4 nitrogen and oxygen atoms in total. The Morgan fingerprint density at radius 2 is 1.78 bits per heavy atom. The van der Waals surface area contributed by atoms with E-state index in [2.05, 4.69) is 30.4 Å². The van der Waals surface area contributed by atoms with E-state index in [1.165, 1.54) is 11.1 Å². The van der Waals surface area contributed by atoms with Crippen LogP contribution in [0.5, 0.6) is 0 Å². The highest BCUT2D eigenvalue weighted by Gasteiger charge is 2.19. The molecule has 5 heteroatoms. The molecule has 0 atom stereocenters. The fraction of sp³-hybridized carbons (Fsp3) is 0.364. The molecular weight excluding hydrogens is 356 g/mol. The number of nitrogens with one attached hydrogen (secondary N) is 1. The summed E-state index contributed by atoms with van der Waals surface area (Å²) in [6, 6.07) is 15.9. The number of carbonyl (C=O) groups excluding carboxylic acids is 2. The molecule has 0 bridgehead atoms. The fourth-order valence-corrected chi connectivity index (χ4v) is 3.99. The van der Waals surface area contributed by atoms with Crippen molar-refractivity contribution in [3.8, 4) is 0 Å². The van der Waals surface area contributed by atoms with Gasteiger partial charge in [0.2, 0.25) is 5.91 Å². The number of nitrogens with zero attached hydrogens (tertiary/aromatic N) is 1. The van der Waals surface area contributed by atoms with E-state index in [1.54, 1.807) is 11.8 Å². The van der Waals surface area contributed by atoms with Crippen LogP contribution in [0.4, 0.5) is 0 Å². The molecular formula is C22H26N2O2S. The van der Waals surface area contributed by atoms with Crippen molar-refractivity contribution in [3.63, 3.8) is 0 Å². The van der Waals surface area contributed by atoms with Gasteiger partial charge in [-0.1, -0.05) is 42.0 Å². The fourth-order valence-electron chi connectivity index (χ4n) is 3.18. The zero-order chi connectivity index (χ0) is 19.1. The van der Waals surface area contributed by atoms with Gasteiger partial charge in [0.05, 0.1) is 5.75 Å². The molecule has 0 spiro atoms. The van der Waals surface area contributed by atoms with Crippen LogP contribution in [0.1, 0.15) is 39.9 Å². The van der Waals surface area contributed by atoms with Gasteiger partial charge in [-0.15, -0.1) is 11.8 Å². The highest BCUT2D eigenvalue weighted by molar-refractivity contribution is 7.99. The van der Waals surface area contributed by atoms with E-state index in [4.69, 9.17) is 0 Å². The molecule has 2 amide bonds. The van der Waals surface area contributed by atoms with Gasteiger partial charge < -0.3 is 10.2 Å². The number of hydrogen-bond acceptors (Lipinski definition) is 3. The maximum atomic E-state index is 12.3. The maximum Gasteiger partial charge on any atom is 0.253 e. The van der Waals surface area contributed by atoms with Gasteiger partial charge in [-0.2, -0.15) is 0 Å². The minimum atomic E-state index is 0.0323. The summed E-state index contributed by atoms with van der Waals surface area (Å²) in [6.07, 6.45) is 2.19. The van der Waals surface area contributed by atoms with Gasteiger partial charge in [0.1, 0.15) is 0 Å². The van der Waals surface area contributed by atoms with Crippen LogP contribution in [-0.4, -0.2) is 35.6 Å². The monoisotopic (exact) mass is 382 g/mol. The Hall–Kier alpha value is -2.27. The second kappa shape index (κ2) is 9.60. The lowest BCUT2D eigenvalue weighted by Gasteiger charge is -2.15. The molecule has 0 aromatic heterocycles. The van der Waals surface area contributed by atoms with Gasteiger partial charge in [0, 0.05) is 31.0 Å². The third-order valence-corrected chi connectivity index (χ3v) is 5.67. The molecule has 0 saturated carbocycles. The maximum absolute atomic E-state index is 12.3. The van der Waals surface area contributed by atoms with Crippen LogP contribution in [0.2, 0.25) is 0 Å². The molecule has 3 rings (SSSR count). The third kappa shape index (κ3) is 5.86. The number of hydrogen-bond donors (Lipinski definition) is 1. The van der Waals surface area contributed by atoms with E-state index in [9.17, 15) is 9.59 Å². The van der Waals surface area contributed by atoms with Crippen molar-refractivity contribution >= 4 is 23.6 Å². The second-order valence-electron chi connectivity index (χ2n) is 6.95. The highest BCUT2D eigenvalue weighted by Crippen LogP contribution is 2.15. The van der Waals surface area contributed by atoms with Gasteiger partial charge >= 0.3 is 0 Å². The van der Waals surface area contributed by atoms with Crippen molar-refractivity contribution < 1.29 is 9.59 Å².